The van der Waals surface area contributed by atoms with Gasteiger partial charge in [0.1, 0.15) is 0 Å². The lowest BCUT2D eigenvalue weighted by molar-refractivity contribution is 0.0945. The number of carbonyl (C=O) groups is 1. The molecule has 0 bridgehead atoms. The number of alkyl halides is 1. The molecular formula is C15H11ClF3NO. The number of halogens is 4. The van der Waals surface area contributed by atoms with Gasteiger partial charge in [-0.05, 0) is 23.3 Å². The van der Waals surface area contributed by atoms with Crippen LogP contribution in [0.25, 0.3) is 0 Å². The predicted octanol–water partition coefficient (Wildman–Crippen LogP) is 3.77. The second-order valence-electron chi connectivity index (χ2n) is 4.36. The van der Waals surface area contributed by atoms with Crippen molar-refractivity contribution in [1.82, 2.24) is 5.32 Å². The summed E-state index contributed by atoms with van der Waals surface area (Å²) in [7, 11) is 0. The minimum Gasteiger partial charge on any atom is -0.348 e. The van der Waals surface area contributed by atoms with E-state index in [0.29, 0.717) is 11.9 Å². The topological polar surface area (TPSA) is 29.1 Å². The molecule has 2 aromatic carbocycles. The van der Waals surface area contributed by atoms with Gasteiger partial charge in [-0.1, -0.05) is 24.3 Å². The van der Waals surface area contributed by atoms with Gasteiger partial charge in [-0.3, -0.25) is 4.79 Å². The van der Waals surface area contributed by atoms with Gasteiger partial charge < -0.3 is 5.32 Å². The van der Waals surface area contributed by atoms with E-state index in [1.807, 2.05) is 6.07 Å². The maximum Gasteiger partial charge on any atom is 0.254 e. The molecule has 0 aliphatic carbocycles. The fraction of sp³-hybridized carbons (Fsp3) is 0.133. The van der Waals surface area contributed by atoms with Gasteiger partial charge in [-0.15, -0.1) is 11.6 Å². The average Bonchev–Trinajstić information content (AvgIpc) is 2.50. The number of carbonyl (C=O) groups excluding carboxylic acids is 1. The van der Waals surface area contributed by atoms with Crippen LogP contribution in [0.1, 0.15) is 21.5 Å². The molecule has 0 atom stereocenters. The van der Waals surface area contributed by atoms with Crippen LogP contribution in [0, 0.1) is 17.5 Å². The predicted molar refractivity (Wildman–Crippen MR) is 73.5 cm³/mol. The quantitative estimate of drug-likeness (QED) is 0.675. The Morgan fingerprint density at radius 2 is 1.76 bits per heavy atom. The maximum atomic E-state index is 13.5. The molecule has 110 valence electrons. The van der Waals surface area contributed by atoms with Crippen molar-refractivity contribution in [3.8, 4) is 0 Å². The van der Waals surface area contributed by atoms with Crippen molar-refractivity contribution in [2.45, 2.75) is 12.4 Å². The first kappa shape index (κ1) is 15.4. The number of nitrogens with one attached hydrogen (secondary N) is 1. The maximum absolute atomic E-state index is 13.5. The molecule has 0 aliphatic rings. The Bertz CT molecular complexity index is 676. The van der Waals surface area contributed by atoms with Gasteiger partial charge in [0.05, 0.1) is 5.56 Å². The molecule has 0 heterocycles. The Balaban J connectivity index is 2.10. The minimum atomic E-state index is -1.66. The van der Waals surface area contributed by atoms with Crippen molar-refractivity contribution in [1.29, 1.82) is 0 Å². The van der Waals surface area contributed by atoms with Gasteiger partial charge in [0.2, 0.25) is 0 Å². The van der Waals surface area contributed by atoms with Crippen molar-refractivity contribution in [2.75, 3.05) is 0 Å². The van der Waals surface area contributed by atoms with Crippen LogP contribution in [0.5, 0.6) is 0 Å². The van der Waals surface area contributed by atoms with Gasteiger partial charge in [0, 0.05) is 12.4 Å². The first-order valence-corrected chi connectivity index (χ1v) is 6.62. The normalized spacial score (nSPS) is 10.5. The summed E-state index contributed by atoms with van der Waals surface area (Å²) >= 11 is 5.70. The van der Waals surface area contributed by atoms with Crippen molar-refractivity contribution in [3.05, 3.63) is 70.5 Å². The van der Waals surface area contributed by atoms with Gasteiger partial charge in [0.25, 0.3) is 5.91 Å². The van der Waals surface area contributed by atoms with Gasteiger partial charge in [-0.2, -0.15) is 0 Å². The standard InChI is InChI=1S/C15H11ClF3NO/c16-7-9-2-1-3-10(6-9)8-20-15(21)11-4-5-12(17)14(19)13(11)18/h1-6H,7-8H2,(H,20,21). The number of benzene rings is 2. The van der Waals surface area contributed by atoms with E-state index < -0.39 is 28.9 Å². The Morgan fingerprint density at radius 1 is 1.05 bits per heavy atom. The third-order valence-corrected chi connectivity index (χ3v) is 3.19. The summed E-state index contributed by atoms with van der Waals surface area (Å²) in [5.41, 5.74) is 1.11. The van der Waals surface area contributed by atoms with Crippen molar-refractivity contribution < 1.29 is 18.0 Å². The highest BCUT2D eigenvalue weighted by atomic mass is 35.5. The first-order chi connectivity index (χ1) is 10.0. The summed E-state index contributed by atoms with van der Waals surface area (Å²) in [6.07, 6.45) is 0. The minimum absolute atomic E-state index is 0.127. The molecule has 1 amide bonds. The summed E-state index contributed by atoms with van der Waals surface area (Å²) in [6, 6.07) is 8.76. The zero-order valence-corrected chi connectivity index (χ0v) is 11.6. The number of hydrogen-bond acceptors (Lipinski definition) is 1. The monoisotopic (exact) mass is 313 g/mol. The van der Waals surface area contributed by atoms with Crippen LogP contribution in [0.2, 0.25) is 0 Å². The Hall–Kier alpha value is -2.01. The fourth-order valence-electron chi connectivity index (χ4n) is 1.80. The zero-order chi connectivity index (χ0) is 15.4. The molecule has 2 rings (SSSR count). The molecule has 0 unspecified atom stereocenters. The highest BCUT2D eigenvalue weighted by Gasteiger charge is 2.18. The van der Waals surface area contributed by atoms with Crippen LogP contribution in [0.4, 0.5) is 13.2 Å². The second-order valence-corrected chi connectivity index (χ2v) is 4.63. The van der Waals surface area contributed by atoms with Gasteiger partial charge in [0.15, 0.2) is 17.5 Å². The molecule has 0 aliphatic heterocycles. The molecular weight excluding hydrogens is 303 g/mol. The Kier molecular flexibility index (Phi) is 4.85. The average molecular weight is 314 g/mol. The highest BCUT2D eigenvalue weighted by molar-refractivity contribution is 6.17. The van der Waals surface area contributed by atoms with Crippen LogP contribution < -0.4 is 5.32 Å². The van der Waals surface area contributed by atoms with E-state index in [9.17, 15) is 18.0 Å². The lowest BCUT2D eigenvalue weighted by Gasteiger charge is -2.08. The van der Waals surface area contributed by atoms with E-state index in [1.54, 1.807) is 18.2 Å². The third kappa shape index (κ3) is 3.55. The molecule has 6 heteroatoms. The summed E-state index contributed by atoms with van der Waals surface area (Å²) in [5.74, 6) is -4.98. The lowest BCUT2D eigenvalue weighted by Crippen LogP contribution is -2.24. The Morgan fingerprint density at radius 3 is 2.48 bits per heavy atom. The van der Waals surface area contributed by atoms with E-state index >= 15 is 0 Å². The zero-order valence-electron chi connectivity index (χ0n) is 10.8. The van der Waals surface area contributed by atoms with Gasteiger partial charge in [-0.25, -0.2) is 13.2 Å². The molecule has 21 heavy (non-hydrogen) atoms. The highest BCUT2D eigenvalue weighted by Crippen LogP contribution is 2.15. The summed E-state index contributed by atoms with van der Waals surface area (Å²) in [6.45, 7) is 0.127. The number of hydrogen-bond donors (Lipinski definition) is 1. The molecule has 0 fully saturated rings. The van der Waals surface area contributed by atoms with Crippen LogP contribution >= 0.6 is 11.6 Å². The number of rotatable bonds is 4. The summed E-state index contributed by atoms with van der Waals surface area (Å²) < 4.78 is 39.3. The summed E-state index contributed by atoms with van der Waals surface area (Å²) in [4.78, 5) is 11.8. The fourth-order valence-corrected chi connectivity index (χ4v) is 1.97. The number of amides is 1. The smallest absolute Gasteiger partial charge is 0.254 e. The van der Waals surface area contributed by atoms with E-state index in [4.69, 9.17) is 11.6 Å². The van der Waals surface area contributed by atoms with Crippen LogP contribution in [-0.4, -0.2) is 5.91 Å². The van der Waals surface area contributed by atoms with Crippen molar-refractivity contribution in [3.63, 3.8) is 0 Å². The second kappa shape index (κ2) is 6.63. The molecule has 0 aromatic heterocycles. The molecule has 0 saturated carbocycles. The first-order valence-electron chi connectivity index (χ1n) is 6.08. The van der Waals surface area contributed by atoms with Gasteiger partial charge >= 0.3 is 0 Å². The molecule has 0 saturated heterocycles. The molecule has 2 aromatic rings. The largest absolute Gasteiger partial charge is 0.348 e. The van der Waals surface area contributed by atoms with E-state index in [-0.39, 0.29) is 6.54 Å². The van der Waals surface area contributed by atoms with Crippen molar-refractivity contribution >= 4 is 17.5 Å². The molecule has 0 spiro atoms. The van der Waals surface area contributed by atoms with E-state index in [0.717, 1.165) is 17.2 Å². The van der Waals surface area contributed by atoms with Crippen LogP contribution in [-0.2, 0) is 12.4 Å². The van der Waals surface area contributed by atoms with Crippen molar-refractivity contribution in [2.24, 2.45) is 0 Å². The van der Waals surface area contributed by atoms with E-state index in [1.165, 1.54) is 0 Å². The van der Waals surface area contributed by atoms with Crippen LogP contribution in [0.3, 0.4) is 0 Å². The lowest BCUT2D eigenvalue weighted by atomic mass is 10.1. The SMILES string of the molecule is O=C(NCc1cccc(CCl)c1)c1ccc(F)c(F)c1F. The third-order valence-electron chi connectivity index (χ3n) is 2.88. The Labute approximate surface area is 124 Å². The van der Waals surface area contributed by atoms with E-state index in [2.05, 4.69) is 5.32 Å². The van der Waals surface area contributed by atoms with Crippen LogP contribution in [0.15, 0.2) is 36.4 Å². The molecule has 0 radical (unpaired) electrons. The molecule has 1 N–H and O–H groups in total. The molecule has 2 nitrogen and oxygen atoms in total. The summed E-state index contributed by atoms with van der Waals surface area (Å²) in [5, 5.41) is 2.44.